The molecule has 0 saturated heterocycles. The third kappa shape index (κ3) is 4.31. The molecule has 3 rings (SSSR count). The number of aliphatic hydroxyl groups excluding tert-OH is 1. The highest BCUT2D eigenvalue weighted by Gasteiger charge is 2.53. The summed E-state index contributed by atoms with van der Waals surface area (Å²) in [5, 5.41) is 12.7. The summed E-state index contributed by atoms with van der Waals surface area (Å²) >= 11 is 0. The lowest BCUT2D eigenvalue weighted by atomic mass is 9.64. The van der Waals surface area contributed by atoms with E-state index in [4.69, 9.17) is 4.43 Å². The average Bonchev–Trinajstić information content (AvgIpc) is 2.76. The van der Waals surface area contributed by atoms with Gasteiger partial charge in [0, 0.05) is 0 Å². The van der Waals surface area contributed by atoms with Crippen molar-refractivity contribution in [3.8, 4) is 0 Å². The second kappa shape index (κ2) is 9.50. The Labute approximate surface area is 196 Å². The van der Waals surface area contributed by atoms with Crippen LogP contribution in [0.2, 0.25) is 5.04 Å². The first-order chi connectivity index (χ1) is 15.1. The van der Waals surface area contributed by atoms with Crippen molar-refractivity contribution >= 4 is 18.7 Å². The van der Waals surface area contributed by atoms with Gasteiger partial charge in [0.1, 0.15) is 0 Å². The highest BCUT2D eigenvalue weighted by atomic mass is 28.4. The zero-order valence-electron chi connectivity index (χ0n) is 20.7. The Hall–Kier alpha value is -1.94. The van der Waals surface area contributed by atoms with E-state index in [-0.39, 0.29) is 29.1 Å². The average molecular weight is 449 g/mol. The van der Waals surface area contributed by atoms with Crippen molar-refractivity contribution in [2.75, 3.05) is 6.61 Å². The zero-order valence-corrected chi connectivity index (χ0v) is 21.7. The van der Waals surface area contributed by atoms with Gasteiger partial charge < -0.3 is 9.53 Å². The zero-order chi connectivity index (χ0) is 23.6. The molecule has 0 heterocycles. The van der Waals surface area contributed by atoms with Crippen molar-refractivity contribution in [2.24, 2.45) is 11.3 Å². The minimum atomic E-state index is -2.68. The van der Waals surface area contributed by atoms with E-state index in [0.717, 1.165) is 18.4 Å². The van der Waals surface area contributed by atoms with Crippen LogP contribution in [0.1, 0.15) is 54.4 Å². The molecule has 2 aromatic carbocycles. The molecule has 0 radical (unpaired) electrons. The predicted octanol–water partition coefficient (Wildman–Crippen LogP) is 5.86. The van der Waals surface area contributed by atoms with Crippen LogP contribution in [0, 0.1) is 11.3 Å². The summed E-state index contributed by atoms with van der Waals surface area (Å²) in [4.78, 5) is 0. The fraction of sp³-hybridized carbons (Fsp3) is 0.448. The fourth-order valence-electron chi connectivity index (χ4n) is 5.76. The van der Waals surface area contributed by atoms with Gasteiger partial charge in [-0.2, -0.15) is 0 Å². The van der Waals surface area contributed by atoms with E-state index in [1.165, 1.54) is 15.9 Å². The first-order valence-electron chi connectivity index (χ1n) is 11.8. The van der Waals surface area contributed by atoms with Gasteiger partial charge in [0.05, 0.1) is 12.7 Å². The number of allylic oxidation sites excluding steroid dienone is 1. The summed E-state index contributed by atoms with van der Waals surface area (Å²) in [6, 6.07) is 21.6. The smallest absolute Gasteiger partial charge is 0.261 e. The topological polar surface area (TPSA) is 29.5 Å². The molecule has 0 bridgehead atoms. The summed E-state index contributed by atoms with van der Waals surface area (Å²) in [6.45, 7) is 18.0. The van der Waals surface area contributed by atoms with E-state index >= 15 is 0 Å². The lowest BCUT2D eigenvalue weighted by Gasteiger charge is -2.50. The molecule has 2 atom stereocenters. The highest BCUT2D eigenvalue weighted by molar-refractivity contribution is 6.99. The Kier molecular flexibility index (Phi) is 7.33. The second-order valence-corrected chi connectivity index (χ2v) is 15.0. The largest absolute Gasteiger partial charge is 0.401 e. The van der Waals surface area contributed by atoms with Gasteiger partial charge >= 0.3 is 0 Å². The van der Waals surface area contributed by atoms with E-state index in [9.17, 15) is 5.11 Å². The molecule has 0 aromatic heterocycles. The van der Waals surface area contributed by atoms with Gasteiger partial charge in [0.25, 0.3) is 8.32 Å². The molecule has 32 heavy (non-hydrogen) atoms. The predicted molar refractivity (Wildman–Crippen MR) is 139 cm³/mol. The quantitative estimate of drug-likeness (QED) is 0.424. The van der Waals surface area contributed by atoms with Crippen LogP contribution < -0.4 is 10.4 Å². The van der Waals surface area contributed by atoms with Crippen molar-refractivity contribution < 1.29 is 9.53 Å². The molecule has 2 nitrogen and oxygen atoms in total. The van der Waals surface area contributed by atoms with Gasteiger partial charge in [0.2, 0.25) is 0 Å². The molecule has 0 fully saturated rings. The van der Waals surface area contributed by atoms with E-state index in [1.54, 1.807) is 0 Å². The Morgan fingerprint density at radius 3 is 1.97 bits per heavy atom. The van der Waals surface area contributed by atoms with Crippen molar-refractivity contribution in [1.82, 2.24) is 0 Å². The normalized spacial score (nSPS) is 20.2. The van der Waals surface area contributed by atoms with E-state index < -0.39 is 8.32 Å². The maximum Gasteiger partial charge on any atom is 0.261 e. The van der Waals surface area contributed by atoms with Gasteiger partial charge in [-0.15, -0.1) is 6.58 Å². The maximum atomic E-state index is 10.2. The molecule has 0 unspecified atom stereocenters. The molecule has 1 N–H and O–H groups in total. The Balaban J connectivity index is 2.17. The number of benzene rings is 2. The molecule has 2 aromatic rings. The molecule has 1 aliphatic carbocycles. The van der Waals surface area contributed by atoms with E-state index in [2.05, 4.69) is 109 Å². The van der Waals surface area contributed by atoms with Crippen LogP contribution in [0.25, 0.3) is 0 Å². The van der Waals surface area contributed by atoms with Crippen molar-refractivity contribution in [2.45, 2.75) is 65.5 Å². The second-order valence-electron chi connectivity index (χ2n) is 10.8. The van der Waals surface area contributed by atoms with E-state index in [1.807, 2.05) is 6.08 Å². The minimum Gasteiger partial charge on any atom is -0.401 e. The molecular weight excluding hydrogens is 408 g/mol. The summed E-state index contributed by atoms with van der Waals surface area (Å²) in [5.74, 6) is 0.257. The summed E-state index contributed by atoms with van der Waals surface area (Å²) in [7, 11) is -2.68. The van der Waals surface area contributed by atoms with Crippen LogP contribution in [-0.2, 0) is 4.43 Å². The van der Waals surface area contributed by atoms with Crippen LogP contribution in [0.5, 0.6) is 0 Å². The molecule has 0 aliphatic heterocycles. The maximum absolute atomic E-state index is 10.2. The fourth-order valence-corrected chi connectivity index (χ4v) is 10.4. The third-order valence-corrected chi connectivity index (χ3v) is 12.6. The minimum absolute atomic E-state index is 0.0820. The monoisotopic (exact) mass is 448 g/mol. The number of aliphatic hydroxyl groups is 1. The first kappa shape index (κ1) is 24.7. The van der Waals surface area contributed by atoms with Gasteiger partial charge in [-0.05, 0) is 52.1 Å². The van der Waals surface area contributed by atoms with Gasteiger partial charge in [0.15, 0.2) is 0 Å². The standard InChI is InChI=1S/C29H40O2Si/c1-8-27(25-20-19-22(2)26(21-30)29(25,6)7)31-32(28(3,4)5,23-15-11-9-12-16-23)24-17-13-10-14-18-24/h8-18,25,27,30H,1,19-21H2,2-7H3/t25-,27-/m0/s1. The van der Waals surface area contributed by atoms with Crippen LogP contribution in [-0.4, -0.2) is 26.1 Å². The lowest BCUT2D eigenvalue weighted by Crippen LogP contribution is -2.68. The van der Waals surface area contributed by atoms with Crippen LogP contribution in [0.4, 0.5) is 0 Å². The Morgan fingerprint density at radius 1 is 1.06 bits per heavy atom. The van der Waals surface area contributed by atoms with E-state index in [0.29, 0.717) is 0 Å². The van der Waals surface area contributed by atoms with Crippen molar-refractivity contribution in [3.63, 3.8) is 0 Å². The number of rotatable bonds is 7. The summed E-state index contributed by atoms with van der Waals surface area (Å²) < 4.78 is 7.44. The highest BCUT2D eigenvalue weighted by Crippen LogP contribution is 2.48. The third-order valence-electron chi connectivity index (χ3n) is 7.57. The summed E-state index contributed by atoms with van der Waals surface area (Å²) in [6.07, 6.45) is 3.95. The van der Waals surface area contributed by atoms with Crippen LogP contribution in [0.15, 0.2) is 84.5 Å². The van der Waals surface area contributed by atoms with Gasteiger partial charge in [-0.3, -0.25) is 0 Å². The van der Waals surface area contributed by atoms with Crippen molar-refractivity contribution in [3.05, 3.63) is 84.5 Å². The molecule has 1 aliphatic rings. The lowest BCUT2D eigenvalue weighted by molar-refractivity contribution is 0.0745. The molecule has 3 heteroatoms. The molecule has 0 spiro atoms. The SMILES string of the molecule is C=C[C@H](O[Si](c1ccccc1)(c1ccccc1)C(C)(C)C)[C@@H]1CCC(C)=C(CO)C1(C)C. The number of hydrogen-bond acceptors (Lipinski definition) is 2. The summed E-state index contributed by atoms with van der Waals surface area (Å²) in [5.41, 5.74) is 2.33. The van der Waals surface area contributed by atoms with Gasteiger partial charge in [-0.1, -0.05) is 107 Å². The number of hydrogen-bond donors (Lipinski definition) is 1. The first-order valence-corrected chi connectivity index (χ1v) is 13.7. The van der Waals surface area contributed by atoms with Crippen LogP contribution in [0.3, 0.4) is 0 Å². The molecule has 0 saturated carbocycles. The van der Waals surface area contributed by atoms with Crippen molar-refractivity contribution in [1.29, 1.82) is 0 Å². The Morgan fingerprint density at radius 2 is 1.56 bits per heavy atom. The molecular formula is C29H40O2Si. The molecule has 0 amide bonds. The Bertz CT molecular complexity index is 899. The van der Waals surface area contributed by atoms with Gasteiger partial charge in [-0.25, -0.2) is 0 Å². The van der Waals surface area contributed by atoms with Crippen LogP contribution >= 0.6 is 0 Å². The molecule has 172 valence electrons.